The molecule has 1 saturated carbocycles. The van der Waals surface area contributed by atoms with Crippen LogP contribution in [-0.4, -0.2) is 27.2 Å². The summed E-state index contributed by atoms with van der Waals surface area (Å²) in [5.74, 6) is 1.66. The van der Waals surface area contributed by atoms with Crippen LogP contribution in [0.25, 0.3) is 22.4 Å². The first-order valence-corrected chi connectivity index (χ1v) is 16.3. The number of aromatic nitrogens is 1. The Labute approximate surface area is 231 Å². The van der Waals surface area contributed by atoms with Crippen LogP contribution in [0, 0.1) is 5.82 Å². The van der Waals surface area contributed by atoms with Crippen LogP contribution in [0.4, 0.5) is 4.39 Å². The van der Waals surface area contributed by atoms with Gasteiger partial charge in [0.05, 0.1) is 18.1 Å². The van der Waals surface area contributed by atoms with E-state index in [4.69, 9.17) is 18.4 Å². The van der Waals surface area contributed by atoms with Crippen LogP contribution in [0.5, 0.6) is 17.2 Å². The predicted octanol–water partition coefficient (Wildman–Crippen LogP) is 8.65. The highest BCUT2D eigenvalue weighted by molar-refractivity contribution is 6.74. The lowest BCUT2D eigenvalue weighted by molar-refractivity contribution is 0.227. The van der Waals surface area contributed by atoms with Gasteiger partial charge >= 0.3 is 0 Å². The van der Waals surface area contributed by atoms with Gasteiger partial charge in [-0.2, -0.15) is 0 Å². The second-order valence-corrected chi connectivity index (χ2v) is 16.6. The minimum absolute atomic E-state index is 0.112. The van der Waals surface area contributed by atoms with Crippen molar-refractivity contribution >= 4 is 8.32 Å². The monoisotopic (exact) mass is 545 g/mol. The van der Waals surface area contributed by atoms with Gasteiger partial charge in [-0.3, -0.25) is 0 Å². The number of rotatable bonds is 9. The normalized spacial score (nSPS) is 14.6. The summed E-state index contributed by atoms with van der Waals surface area (Å²) in [4.78, 5) is 0. The zero-order valence-corrected chi connectivity index (χ0v) is 24.5. The van der Waals surface area contributed by atoms with Crippen LogP contribution in [0.3, 0.4) is 0 Å². The third-order valence-electron chi connectivity index (χ3n) is 8.04. The van der Waals surface area contributed by atoms with E-state index in [1.165, 1.54) is 13.2 Å². The minimum atomic E-state index is -1.95. The van der Waals surface area contributed by atoms with Crippen molar-refractivity contribution in [2.45, 2.75) is 57.2 Å². The van der Waals surface area contributed by atoms with Gasteiger partial charge in [-0.1, -0.05) is 62.3 Å². The maximum Gasteiger partial charge on any atom is 0.250 e. The molecule has 4 aromatic rings. The standard InChI is InChI=1S/C32H36FNO4Si/c1-31(2,3)39(5,6)38-24-17-15-23(16-18-24)28-27(22-11-8-7-9-12-22)30(37-34-28)32(19-20-32)21-36-29-25(33)13-10-14-26(29)35-4/h7-18H,19-21H2,1-6H3. The van der Waals surface area contributed by atoms with E-state index in [9.17, 15) is 4.39 Å². The molecule has 204 valence electrons. The Morgan fingerprint density at radius 1 is 0.923 bits per heavy atom. The molecule has 5 rings (SSSR count). The fraction of sp³-hybridized carbons (Fsp3) is 0.344. The van der Waals surface area contributed by atoms with Crippen molar-refractivity contribution in [2.24, 2.45) is 0 Å². The van der Waals surface area contributed by atoms with Crippen molar-refractivity contribution in [3.63, 3.8) is 0 Å². The van der Waals surface area contributed by atoms with Gasteiger partial charge in [-0.25, -0.2) is 4.39 Å². The average Bonchev–Trinajstić information content (AvgIpc) is 3.56. The van der Waals surface area contributed by atoms with Gasteiger partial charge in [0, 0.05) is 5.56 Å². The highest BCUT2D eigenvalue weighted by Gasteiger charge is 2.51. The molecule has 0 spiro atoms. The molecule has 0 amide bonds. The summed E-state index contributed by atoms with van der Waals surface area (Å²) in [6.07, 6.45) is 1.72. The van der Waals surface area contributed by atoms with Gasteiger partial charge in [-0.05, 0) is 72.9 Å². The van der Waals surface area contributed by atoms with Gasteiger partial charge in [-0.15, -0.1) is 0 Å². The minimum Gasteiger partial charge on any atom is -0.544 e. The molecule has 0 radical (unpaired) electrons. The second kappa shape index (κ2) is 10.2. The lowest BCUT2D eigenvalue weighted by Gasteiger charge is -2.36. The summed E-state index contributed by atoms with van der Waals surface area (Å²) in [6, 6.07) is 22.9. The summed E-state index contributed by atoms with van der Waals surface area (Å²) >= 11 is 0. The zero-order valence-electron chi connectivity index (χ0n) is 23.5. The van der Waals surface area contributed by atoms with Crippen LogP contribution in [0.15, 0.2) is 77.3 Å². The van der Waals surface area contributed by atoms with E-state index >= 15 is 0 Å². The highest BCUT2D eigenvalue weighted by atomic mass is 28.4. The lowest BCUT2D eigenvalue weighted by Crippen LogP contribution is -2.43. The predicted molar refractivity (Wildman–Crippen MR) is 155 cm³/mol. The van der Waals surface area contributed by atoms with Crippen LogP contribution >= 0.6 is 0 Å². The summed E-state index contributed by atoms with van der Waals surface area (Å²) in [7, 11) is -0.443. The maximum atomic E-state index is 14.6. The topological polar surface area (TPSA) is 53.7 Å². The fourth-order valence-electron chi connectivity index (χ4n) is 4.44. The number of methoxy groups -OCH3 is 1. The Morgan fingerprint density at radius 2 is 1.62 bits per heavy atom. The van der Waals surface area contributed by atoms with Crippen molar-refractivity contribution in [1.29, 1.82) is 0 Å². The molecule has 1 fully saturated rings. The van der Waals surface area contributed by atoms with E-state index in [0.29, 0.717) is 5.75 Å². The number of benzene rings is 3. The lowest BCUT2D eigenvalue weighted by atomic mass is 9.92. The molecule has 7 heteroatoms. The summed E-state index contributed by atoms with van der Waals surface area (Å²) in [6.45, 7) is 11.4. The van der Waals surface area contributed by atoms with Crippen molar-refractivity contribution in [1.82, 2.24) is 5.16 Å². The van der Waals surface area contributed by atoms with E-state index in [1.807, 2.05) is 42.5 Å². The summed E-state index contributed by atoms with van der Waals surface area (Å²) in [5, 5.41) is 4.67. The molecule has 0 unspecified atom stereocenters. The van der Waals surface area contributed by atoms with Gasteiger partial charge in [0.1, 0.15) is 18.1 Å². The SMILES string of the molecule is COc1cccc(F)c1OCC1(c2onc(-c3ccc(O[Si](C)(C)C(C)(C)C)cc3)c2-c2ccccc2)CC1. The molecule has 3 aromatic carbocycles. The quantitative estimate of drug-likeness (QED) is 0.197. The smallest absolute Gasteiger partial charge is 0.250 e. The molecule has 0 aliphatic heterocycles. The van der Waals surface area contributed by atoms with Crippen LogP contribution < -0.4 is 13.9 Å². The van der Waals surface area contributed by atoms with Gasteiger partial charge < -0.3 is 18.4 Å². The number of para-hydroxylation sites is 1. The van der Waals surface area contributed by atoms with Crippen molar-refractivity contribution in [3.8, 4) is 39.6 Å². The molecular formula is C32H36FNO4Si. The molecule has 0 saturated heterocycles. The molecule has 1 aliphatic rings. The number of ether oxygens (including phenoxy) is 2. The van der Waals surface area contributed by atoms with E-state index in [2.05, 4.69) is 51.2 Å². The Balaban J connectivity index is 1.48. The fourth-order valence-corrected chi connectivity index (χ4v) is 5.47. The average molecular weight is 546 g/mol. The largest absolute Gasteiger partial charge is 0.544 e. The number of hydrogen-bond donors (Lipinski definition) is 0. The molecule has 1 aliphatic carbocycles. The third kappa shape index (κ3) is 5.32. The Kier molecular flexibility index (Phi) is 7.05. The van der Waals surface area contributed by atoms with E-state index in [-0.39, 0.29) is 17.4 Å². The molecule has 0 bridgehead atoms. The van der Waals surface area contributed by atoms with E-state index in [0.717, 1.165) is 46.7 Å². The molecular weight excluding hydrogens is 509 g/mol. The van der Waals surface area contributed by atoms with E-state index < -0.39 is 19.5 Å². The van der Waals surface area contributed by atoms with Crippen molar-refractivity contribution in [3.05, 3.63) is 84.4 Å². The first-order valence-electron chi connectivity index (χ1n) is 13.3. The maximum absolute atomic E-state index is 14.6. The van der Waals surface area contributed by atoms with E-state index in [1.54, 1.807) is 12.1 Å². The number of nitrogens with zero attached hydrogens (tertiary/aromatic N) is 1. The third-order valence-corrected chi connectivity index (χ3v) is 12.4. The summed E-state index contributed by atoms with van der Waals surface area (Å²) in [5.41, 5.74) is 3.27. The Bertz CT molecular complexity index is 1440. The molecule has 0 atom stereocenters. The van der Waals surface area contributed by atoms with Crippen LogP contribution in [0.2, 0.25) is 18.1 Å². The molecule has 1 aromatic heterocycles. The van der Waals surface area contributed by atoms with Crippen molar-refractivity contribution < 1.29 is 22.8 Å². The molecule has 0 N–H and O–H groups in total. The van der Waals surface area contributed by atoms with Crippen molar-refractivity contribution in [2.75, 3.05) is 13.7 Å². The first-order chi connectivity index (χ1) is 18.5. The van der Waals surface area contributed by atoms with Gasteiger partial charge in [0.25, 0.3) is 0 Å². The highest BCUT2D eigenvalue weighted by Crippen LogP contribution is 2.54. The first kappa shape index (κ1) is 27.0. The van der Waals surface area contributed by atoms with Gasteiger partial charge in [0.2, 0.25) is 8.32 Å². The Morgan fingerprint density at radius 3 is 2.23 bits per heavy atom. The Hall–Kier alpha value is -3.58. The van der Waals surface area contributed by atoms with Gasteiger partial charge in [0.15, 0.2) is 23.1 Å². The number of halogens is 1. The van der Waals surface area contributed by atoms with Crippen LogP contribution in [-0.2, 0) is 5.41 Å². The molecule has 5 nitrogen and oxygen atoms in total. The van der Waals surface area contributed by atoms with Crippen LogP contribution in [0.1, 0.15) is 39.4 Å². The number of hydrogen-bond acceptors (Lipinski definition) is 5. The molecule has 39 heavy (non-hydrogen) atoms. The summed E-state index contributed by atoms with van der Waals surface area (Å²) < 4.78 is 38.5. The second-order valence-electron chi connectivity index (χ2n) is 11.8. The molecule has 1 heterocycles. The zero-order chi connectivity index (χ0) is 27.8.